The van der Waals surface area contributed by atoms with Crippen molar-refractivity contribution in [3.63, 3.8) is 0 Å². The Morgan fingerprint density at radius 3 is 2.36 bits per heavy atom. The second-order valence-corrected chi connectivity index (χ2v) is 9.74. The number of carbonyl (C=O) groups excluding carboxylic acids is 1. The number of piperidine rings is 1. The molecule has 5 nitrogen and oxygen atoms in total. The van der Waals surface area contributed by atoms with Gasteiger partial charge in [0.2, 0.25) is 10.0 Å². The summed E-state index contributed by atoms with van der Waals surface area (Å²) in [5.74, 6) is 0.488. The first-order chi connectivity index (χ1) is 13.5. The van der Waals surface area contributed by atoms with Crippen molar-refractivity contribution in [1.29, 1.82) is 0 Å². The molecule has 0 saturated carbocycles. The van der Waals surface area contributed by atoms with Gasteiger partial charge in [0.15, 0.2) is 0 Å². The zero-order valence-electron chi connectivity index (χ0n) is 16.2. The van der Waals surface area contributed by atoms with E-state index in [1.54, 1.807) is 33.5 Å². The molecule has 0 spiro atoms. The molecule has 6 heteroatoms. The van der Waals surface area contributed by atoms with Crippen molar-refractivity contribution in [3.8, 4) is 0 Å². The molecule has 0 aromatic heterocycles. The molecule has 28 heavy (non-hydrogen) atoms. The smallest absolute Gasteiger partial charge is 0.258 e. The highest BCUT2D eigenvalue weighted by Crippen LogP contribution is 2.29. The summed E-state index contributed by atoms with van der Waals surface area (Å²) >= 11 is 0. The minimum absolute atomic E-state index is 0.0807. The van der Waals surface area contributed by atoms with E-state index in [4.69, 9.17) is 0 Å². The average Bonchev–Trinajstić information content (AvgIpc) is 2.73. The van der Waals surface area contributed by atoms with Crippen molar-refractivity contribution in [2.45, 2.75) is 37.5 Å². The Balaban J connectivity index is 1.55. The van der Waals surface area contributed by atoms with Crippen LogP contribution in [0.5, 0.6) is 0 Å². The van der Waals surface area contributed by atoms with Crippen LogP contribution >= 0.6 is 0 Å². The van der Waals surface area contributed by atoms with Gasteiger partial charge in [-0.15, -0.1) is 0 Å². The van der Waals surface area contributed by atoms with Crippen molar-refractivity contribution < 1.29 is 13.2 Å². The Kier molecular flexibility index (Phi) is 5.25. The van der Waals surface area contributed by atoms with Crippen LogP contribution < -0.4 is 4.90 Å². The van der Waals surface area contributed by atoms with Crippen LogP contribution in [0.3, 0.4) is 0 Å². The predicted molar refractivity (Wildman–Crippen MR) is 110 cm³/mol. The molecule has 2 aliphatic heterocycles. The van der Waals surface area contributed by atoms with Gasteiger partial charge in [0.1, 0.15) is 0 Å². The molecule has 1 amide bonds. The van der Waals surface area contributed by atoms with E-state index in [0.29, 0.717) is 31.1 Å². The Morgan fingerprint density at radius 2 is 1.64 bits per heavy atom. The normalized spacial score (nSPS) is 18.7. The second kappa shape index (κ2) is 7.68. The first-order valence-corrected chi connectivity index (χ1v) is 11.4. The van der Waals surface area contributed by atoms with Gasteiger partial charge < -0.3 is 4.90 Å². The van der Waals surface area contributed by atoms with Crippen molar-refractivity contribution in [1.82, 2.24) is 4.31 Å². The summed E-state index contributed by atoms with van der Waals surface area (Å²) < 4.78 is 27.3. The van der Waals surface area contributed by atoms with E-state index in [9.17, 15) is 13.2 Å². The first kappa shape index (κ1) is 19.2. The fraction of sp³-hybridized carbons (Fsp3) is 0.409. The highest BCUT2D eigenvalue weighted by Gasteiger charge is 2.29. The van der Waals surface area contributed by atoms with Gasteiger partial charge >= 0.3 is 0 Å². The largest absolute Gasteiger partial charge is 0.308 e. The van der Waals surface area contributed by atoms with Gasteiger partial charge in [0.05, 0.1) is 4.90 Å². The van der Waals surface area contributed by atoms with Crippen LogP contribution in [0, 0.1) is 5.92 Å². The van der Waals surface area contributed by atoms with E-state index in [2.05, 4.69) is 13.0 Å². The highest BCUT2D eigenvalue weighted by molar-refractivity contribution is 7.89. The maximum atomic E-state index is 13.0. The summed E-state index contributed by atoms with van der Waals surface area (Å²) in [4.78, 5) is 15.1. The van der Waals surface area contributed by atoms with Crippen molar-refractivity contribution in [2.24, 2.45) is 5.92 Å². The Morgan fingerprint density at radius 1 is 0.964 bits per heavy atom. The van der Waals surface area contributed by atoms with Crippen LogP contribution in [0.15, 0.2) is 53.4 Å². The molecule has 2 aliphatic rings. The zero-order valence-corrected chi connectivity index (χ0v) is 17.0. The molecule has 2 aromatic rings. The van der Waals surface area contributed by atoms with Gasteiger partial charge in [0.25, 0.3) is 5.91 Å². The molecular formula is C22H26N2O3S. The number of rotatable bonds is 3. The summed E-state index contributed by atoms with van der Waals surface area (Å²) in [6, 6.07) is 14.4. The van der Waals surface area contributed by atoms with Crippen LogP contribution in [-0.4, -0.2) is 38.3 Å². The maximum Gasteiger partial charge on any atom is 0.258 e. The van der Waals surface area contributed by atoms with Gasteiger partial charge in [-0.1, -0.05) is 25.1 Å². The summed E-state index contributed by atoms with van der Waals surface area (Å²) in [6.07, 6.45) is 3.70. The summed E-state index contributed by atoms with van der Waals surface area (Å²) in [5, 5.41) is 0. The molecule has 0 bridgehead atoms. The number of anilines is 1. The van der Waals surface area contributed by atoms with E-state index in [-0.39, 0.29) is 10.8 Å². The Bertz CT molecular complexity index is 962. The lowest BCUT2D eigenvalue weighted by Crippen LogP contribution is -2.38. The monoisotopic (exact) mass is 398 g/mol. The van der Waals surface area contributed by atoms with Gasteiger partial charge in [-0.2, -0.15) is 4.31 Å². The summed E-state index contributed by atoms with van der Waals surface area (Å²) in [5.41, 5.74) is 2.65. The number of hydrogen-bond acceptors (Lipinski definition) is 3. The molecular weight excluding hydrogens is 372 g/mol. The number of nitrogens with zero attached hydrogens (tertiary/aromatic N) is 2. The van der Waals surface area contributed by atoms with Crippen molar-refractivity contribution >= 4 is 21.6 Å². The topological polar surface area (TPSA) is 57.7 Å². The van der Waals surface area contributed by atoms with E-state index >= 15 is 0 Å². The lowest BCUT2D eigenvalue weighted by molar-refractivity contribution is 0.0985. The molecule has 1 fully saturated rings. The standard InChI is InChI=1S/C22H26N2O3S/c1-17-12-15-23(16-13-17)28(26,27)20-10-8-19(9-11-20)22(25)24-14-4-6-18-5-2-3-7-21(18)24/h2-3,5,7-11,17H,4,6,12-16H2,1H3. The fourth-order valence-corrected chi connectivity index (χ4v) is 5.51. The van der Waals surface area contributed by atoms with Crippen LogP contribution in [0.2, 0.25) is 0 Å². The van der Waals surface area contributed by atoms with Gasteiger partial charge in [0, 0.05) is 30.9 Å². The van der Waals surface area contributed by atoms with Crippen LogP contribution in [0.4, 0.5) is 5.69 Å². The molecule has 0 N–H and O–H groups in total. The summed E-state index contributed by atoms with van der Waals surface area (Å²) in [6.45, 7) is 3.97. The van der Waals surface area contributed by atoms with E-state index < -0.39 is 10.0 Å². The maximum absolute atomic E-state index is 13.0. The molecule has 0 atom stereocenters. The molecule has 2 heterocycles. The minimum Gasteiger partial charge on any atom is -0.308 e. The van der Waals surface area contributed by atoms with Gasteiger partial charge in [-0.25, -0.2) is 8.42 Å². The number of benzene rings is 2. The SMILES string of the molecule is CC1CCN(S(=O)(=O)c2ccc(C(=O)N3CCCc4ccccc43)cc2)CC1. The number of fused-ring (bicyclic) bond motifs is 1. The van der Waals surface area contributed by atoms with E-state index in [1.807, 2.05) is 18.2 Å². The molecule has 0 aliphatic carbocycles. The van der Waals surface area contributed by atoms with Crippen LogP contribution in [0.25, 0.3) is 0 Å². The molecule has 0 unspecified atom stereocenters. The molecule has 4 rings (SSSR count). The number of carbonyl (C=O) groups is 1. The van der Waals surface area contributed by atoms with E-state index in [0.717, 1.165) is 31.4 Å². The van der Waals surface area contributed by atoms with Crippen LogP contribution in [-0.2, 0) is 16.4 Å². The third-order valence-corrected chi connectivity index (χ3v) is 7.75. The molecule has 2 aromatic carbocycles. The number of hydrogen-bond donors (Lipinski definition) is 0. The zero-order chi connectivity index (χ0) is 19.7. The number of amides is 1. The summed E-state index contributed by atoms with van der Waals surface area (Å²) in [7, 11) is -3.49. The molecule has 1 saturated heterocycles. The van der Waals surface area contributed by atoms with Gasteiger partial charge in [-0.3, -0.25) is 4.79 Å². The number of aryl methyl sites for hydroxylation is 1. The fourth-order valence-electron chi connectivity index (χ4n) is 4.04. The highest BCUT2D eigenvalue weighted by atomic mass is 32.2. The third-order valence-electron chi connectivity index (χ3n) is 5.84. The number of para-hydroxylation sites is 1. The van der Waals surface area contributed by atoms with Crippen molar-refractivity contribution in [3.05, 3.63) is 59.7 Å². The van der Waals surface area contributed by atoms with E-state index in [1.165, 1.54) is 5.56 Å². The minimum atomic E-state index is -3.49. The van der Waals surface area contributed by atoms with Gasteiger partial charge in [-0.05, 0) is 67.5 Å². The predicted octanol–water partition coefficient (Wildman–Crippen LogP) is 3.70. The molecule has 0 radical (unpaired) electrons. The van der Waals surface area contributed by atoms with Crippen molar-refractivity contribution in [2.75, 3.05) is 24.5 Å². The first-order valence-electron chi connectivity index (χ1n) is 9.97. The average molecular weight is 399 g/mol. The van der Waals surface area contributed by atoms with Crippen LogP contribution in [0.1, 0.15) is 42.1 Å². The number of sulfonamides is 1. The lowest BCUT2D eigenvalue weighted by Gasteiger charge is -2.30. The Labute approximate surface area is 167 Å². The third kappa shape index (κ3) is 3.59. The quantitative estimate of drug-likeness (QED) is 0.792. The molecule has 148 valence electrons. The Hall–Kier alpha value is -2.18. The lowest BCUT2D eigenvalue weighted by atomic mass is 10.0. The second-order valence-electron chi connectivity index (χ2n) is 7.80.